The van der Waals surface area contributed by atoms with Gasteiger partial charge in [-0.25, -0.2) is 9.97 Å². The van der Waals surface area contributed by atoms with E-state index >= 15 is 0 Å². The van der Waals surface area contributed by atoms with Crippen LogP contribution in [0.15, 0.2) is 12.4 Å². The summed E-state index contributed by atoms with van der Waals surface area (Å²) in [6.45, 7) is 3.83. The van der Waals surface area contributed by atoms with Crippen LogP contribution in [-0.4, -0.2) is 36.1 Å². The predicted octanol–water partition coefficient (Wildman–Crippen LogP) is 2.47. The van der Waals surface area contributed by atoms with E-state index in [1.165, 1.54) is 19.0 Å². The number of hydrogen-bond donors (Lipinski definition) is 1. The second-order valence-corrected chi connectivity index (χ2v) is 5.99. The Balaban J connectivity index is 1.64. The summed E-state index contributed by atoms with van der Waals surface area (Å²) in [6.07, 6.45) is 2.19. The fraction of sp³-hybridized carbons (Fsp3) is 0.714. The molecular formula is C14H19F3N4. The van der Waals surface area contributed by atoms with Gasteiger partial charge in [-0.3, -0.25) is 0 Å². The third-order valence-corrected chi connectivity index (χ3v) is 4.74. The first-order valence-electron chi connectivity index (χ1n) is 7.34. The molecule has 0 radical (unpaired) electrons. The molecule has 1 aromatic heterocycles. The van der Waals surface area contributed by atoms with Crippen molar-refractivity contribution in [3.05, 3.63) is 18.1 Å². The molecule has 2 aliphatic rings. The molecule has 0 saturated carbocycles. The monoisotopic (exact) mass is 300 g/mol. The smallest absolute Gasteiger partial charge is 0.355 e. The third-order valence-electron chi connectivity index (χ3n) is 4.74. The zero-order valence-corrected chi connectivity index (χ0v) is 11.8. The van der Waals surface area contributed by atoms with Gasteiger partial charge in [0.15, 0.2) is 5.69 Å². The number of nitrogens with zero attached hydrogens (tertiary/aromatic N) is 3. The average Bonchev–Trinajstić information content (AvgIpc) is 2.48. The lowest BCUT2D eigenvalue weighted by atomic mass is 9.71. The summed E-state index contributed by atoms with van der Waals surface area (Å²) in [5.41, 5.74) is -0.515. The maximum atomic E-state index is 12.5. The summed E-state index contributed by atoms with van der Waals surface area (Å²) in [6, 6.07) is 0. The molecule has 0 amide bonds. The van der Waals surface area contributed by atoms with E-state index in [4.69, 9.17) is 0 Å². The Labute approximate surface area is 121 Å². The summed E-state index contributed by atoms with van der Waals surface area (Å²) < 4.78 is 37.4. The minimum Gasteiger partial charge on any atom is -0.355 e. The van der Waals surface area contributed by atoms with Gasteiger partial charge in [0.2, 0.25) is 0 Å². The first-order valence-corrected chi connectivity index (χ1v) is 7.34. The van der Waals surface area contributed by atoms with Crippen molar-refractivity contribution in [2.45, 2.75) is 31.9 Å². The van der Waals surface area contributed by atoms with Crippen LogP contribution >= 0.6 is 0 Å². The molecule has 3 heterocycles. The van der Waals surface area contributed by atoms with Gasteiger partial charge in [0.05, 0.1) is 12.4 Å². The lowest BCUT2D eigenvalue weighted by molar-refractivity contribution is -0.141. The Morgan fingerprint density at radius 1 is 1.00 bits per heavy atom. The first-order chi connectivity index (χ1) is 9.99. The molecule has 1 N–H and O–H groups in total. The maximum Gasteiger partial charge on any atom is 0.434 e. The van der Waals surface area contributed by atoms with Crippen molar-refractivity contribution in [2.24, 2.45) is 5.41 Å². The summed E-state index contributed by atoms with van der Waals surface area (Å²) >= 11 is 0. The van der Waals surface area contributed by atoms with Crippen LogP contribution in [0.1, 0.15) is 31.4 Å². The van der Waals surface area contributed by atoms with Crippen molar-refractivity contribution in [1.82, 2.24) is 15.3 Å². The highest BCUT2D eigenvalue weighted by atomic mass is 19.4. The van der Waals surface area contributed by atoms with Crippen LogP contribution in [0.5, 0.6) is 0 Å². The van der Waals surface area contributed by atoms with Crippen molar-refractivity contribution in [3.8, 4) is 0 Å². The van der Waals surface area contributed by atoms with E-state index in [9.17, 15) is 13.2 Å². The predicted molar refractivity (Wildman–Crippen MR) is 73.0 cm³/mol. The van der Waals surface area contributed by atoms with Crippen molar-refractivity contribution >= 4 is 5.82 Å². The molecule has 2 saturated heterocycles. The molecule has 0 atom stereocenters. The molecule has 0 bridgehead atoms. The topological polar surface area (TPSA) is 41.1 Å². The van der Waals surface area contributed by atoms with E-state index in [0.29, 0.717) is 11.2 Å². The molecule has 116 valence electrons. The van der Waals surface area contributed by atoms with E-state index in [-0.39, 0.29) is 0 Å². The van der Waals surface area contributed by atoms with Gasteiger partial charge in [0, 0.05) is 13.1 Å². The minimum absolute atomic E-state index is 0.418. The highest BCUT2D eigenvalue weighted by Crippen LogP contribution is 2.40. The van der Waals surface area contributed by atoms with Gasteiger partial charge in [-0.05, 0) is 44.2 Å². The Kier molecular flexibility index (Phi) is 3.77. The van der Waals surface area contributed by atoms with Gasteiger partial charge in [0.1, 0.15) is 5.82 Å². The zero-order valence-electron chi connectivity index (χ0n) is 11.8. The largest absolute Gasteiger partial charge is 0.434 e. The van der Waals surface area contributed by atoms with Crippen LogP contribution in [0, 0.1) is 5.41 Å². The first kappa shape index (κ1) is 14.6. The standard InChI is InChI=1S/C14H19F3N4/c15-14(16,17)11-9-20-12(10-19-11)21-7-3-13(4-8-21)1-5-18-6-2-13/h9-10,18H,1-8H2. The molecule has 7 heteroatoms. The summed E-state index contributed by atoms with van der Waals surface area (Å²) in [5.74, 6) is 0.548. The highest BCUT2D eigenvalue weighted by Gasteiger charge is 2.36. The Bertz CT molecular complexity index is 470. The van der Waals surface area contributed by atoms with Crippen LogP contribution in [0.4, 0.5) is 19.0 Å². The lowest BCUT2D eigenvalue weighted by Crippen LogP contribution is -2.45. The van der Waals surface area contributed by atoms with Crippen molar-refractivity contribution in [1.29, 1.82) is 0 Å². The average molecular weight is 300 g/mol. The molecule has 3 rings (SSSR count). The Morgan fingerprint density at radius 2 is 1.67 bits per heavy atom. The molecule has 2 aliphatic heterocycles. The molecule has 0 aliphatic carbocycles. The summed E-state index contributed by atoms with van der Waals surface area (Å²) in [4.78, 5) is 9.47. The number of halogens is 3. The molecule has 1 aromatic rings. The van der Waals surface area contributed by atoms with Crippen molar-refractivity contribution < 1.29 is 13.2 Å². The molecule has 1 spiro atoms. The van der Waals surface area contributed by atoms with Crippen LogP contribution in [0.2, 0.25) is 0 Å². The molecule has 21 heavy (non-hydrogen) atoms. The van der Waals surface area contributed by atoms with Crippen LogP contribution in [0.3, 0.4) is 0 Å². The summed E-state index contributed by atoms with van der Waals surface area (Å²) in [5, 5.41) is 3.38. The minimum atomic E-state index is -4.42. The Hall–Kier alpha value is -1.37. The zero-order chi connectivity index (χ0) is 14.9. The molecule has 2 fully saturated rings. The van der Waals surface area contributed by atoms with E-state index in [2.05, 4.69) is 15.3 Å². The Morgan fingerprint density at radius 3 is 2.19 bits per heavy atom. The summed E-state index contributed by atoms with van der Waals surface area (Å²) in [7, 11) is 0. The van der Waals surface area contributed by atoms with Gasteiger partial charge in [0.25, 0.3) is 0 Å². The van der Waals surface area contributed by atoms with E-state index < -0.39 is 11.9 Å². The molecular weight excluding hydrogens is 281 g/mol. The second-order valence-electron chi connectivity index (χ2n) is 5.99. The quantitative estimate of drug-likeness (QED) is 0.865. The number of nitrogens with one attached hydrogen (secondary N) is 1. The lowest BCUT2D eigenvalue weighted by Gasteiger charge is -2.44. The number of aromatic nitrogens is 2. The number of alkyl halides is 3. The van der Waals surface area contributed by atoms with Crippen molar-refractivity contribution in [2.75, 3.05) is 31.1 Å². The fourth-order valence-corrected chi connectivity index (χ4v) is 3.30. The van der Waals surface area contributed by atoms with Gasteiger partial charge in [-0.15, -0.1) is 0 Å². The SMILES string of the molecule is FC(F)(F)c1cnc(N2CCC3(CCNCC3)CC2)cn1. The highest BCUT2D eigenvalue weighted by molar-refractivity contribution is 5.36. The van der Waals surface area contributed by atoms with Gasteiger partial charge in [-0.1, -0.05) is 0 Å². The fourth-order valence-electron chi connectivity index (χ4n) is 3.30. The number of hydrogen-bond acceptors (Lipinski definition) is 4. The van der Waals surface area contributed by atoms with Crippen LogP contribution < -0.4 is 10.2 Å². The van der Waals surface area contributed by atoms with Gasteiger partial charge < -0.3 is 10.2 Å². The molecule has 0 unspecified atom stereocenters. The van der Waals surface area contributed by atoms with Gasteiger partial charge in [-0.2, -0.15) is 13.2 Å². The number of rotatable bonds is 1. The second kappa shape index (κ2) is 5.44. The van der Waals surface area contributed by atoms with E-state index in [1.54, 1.807) is 0 Å². The number of anilines is 1. The maximum absolute atomic E-state index is 12.5. The van der Waals surface area contributed by atoms with Crippen LogP contribution in [0.25, 0.3) is 0 Å². The van der Waals surface area contributed by atoms with E-state index in [1.807, 2.05) is 4.90 Å². The van der Waals surface area contributed by atoms with Gasteiger partial charge >= 0.3 is 6.18 Å². The van der Waals surface area contributed by atoms with Crippen molar-refractivity contribution in [3.63, 3.8) is 0 Å². The van der Waals surface area contributed by atoms with Crippen LogP contribution in [-0.2, 0) is 6.18 Å². The third kappa shape index (κ3) is 3.12. The number of piperidine rings is 2. The van der Waals surface area contributed by atoms with E-state index in [0.717, 1.165) is 45.2 Å². The molecule has 0 aromatic carbocycles. The normalized spacial score (nSPS) is 22.5. The molecule has 4 nitrogen and oxygen atoms in total.